The summed E-state index contributed by atoms with van der Waals surface area (Å²) >= 11 is 5.90. The fourth-order valence-electron chi connectivity index (χ4n) is 2.61. The fourth-order valence-corrected chi connectivity index (χ4v) is 2.81. The van der Waals surface area contributed by atoms with Crippen LogP contribution in [0.2, 0.25) is 0 Å². The molecular weight excluding hydrogens is 232 g/mol. The van der Waals surface area contributed by atoms with Crippen LogP contribution < -0.4 is 0 Å². The molecule has 3 heteroatoms. The molecule has 92 valence electrons. The average Bonchev–Trinajstić information content (AvgIpc) is 2.32. The van der Waals surface area contributed by atoms with Gasteiger partial charge in [0.2, 0.25) is 0 Å². The van der Waals surface area contributed by atoms with Crippen LogP contribution in [-0.2, 0) is 0 Å². The van der Waals surface area contributed by atoms with Gasteiger partial charge in [-0.15, -0.1) is 0 Å². The summed E-state index contributed by atoms with van der Waals surface area (Å²) in [4.78, 5) is 2.02. The Kier molecular flexibility index (Phi) is 3.72. The van der Waals surface area contributed by atoms with Gasteiger partial charge in [0.15, 0.2) is 5.29 Å². The van der Waals surface area contributed by atoms with Gasteiger partial charge in [-0.25, -0.2) is 0 Å². The number of halogens is 1. The molecule has 2 rings (SSSR count). The normalized spacial score (nSPS) is 20.4. The molecule has 1 atom stereocenters. The number of aryl methyl sites for hydroxylation is 2. The summed E-state index contributed by atoms with van der Waals surface area (Å²) in [5.41, 5.74) is 3.90. The topological polar surface area (TPSA) is 27.1 Å². The molecule has 1 aromatic carbocycles. The van der Waals surface area contributed by atoms with Crippen LogP contribution in [0.5, 0.6) is 0 Å². The lowest BCUT2D eigenvalue weighted by Crippen LogP contribution is -2.36. The second-order valence-corrected chi connectivity index (χ2v) is 5.21. The SMILES string of the molecule is Cc1ccc(C)c(C2CCCCN2C(=N)Cl)c1. The molecule has 2 nitrogen and oxygen atoms in total. The molecule has 0 bridgehead atoms. The van der Waals surface area contributed by atoms with Crippen molar-refractivity contribution in [3.63, 3.8) is 0 Å². The molecule has 17 heavy (non-hydrogen) atoms. The first kappa shape index (κ1) is 12.4. The van der Waals surface area contributed by atoms with Gasteiger partial charge < -0.3 is 4.90 Å². The van der Waals surface area contributed by atoms with Gasteiger partial charge in [-0.1, -0.05) is 23.8 Å². The second-order valence-electron chi connectivity index (χ2n) is 4.86. The Morgan fingerprint density at radius 3 is 2.82 bits per heavy atom. The van der Waals surface area contributed by atoms with Crippen molar-refractivity contribution in [3.05, 3.63) is 34.9 Å². The molecule has 0 radical (unpaired) electrons. The van der Waals surface area contributed by atoms with Crippen LogP contribution in [0.3, 0.4) is 0 Å². The Morgan fingerprint density at radius 1 is 1.35 bits per heavy atom. The Balaban J connectivity index is 2.35. The van der Waals surface area contributed by atoms with Gasteiger partial charge in [0, 0.05) is 6.54 Å². The highest BCUT2D eigenvalue weighted by Crippen LogP contribution is 2.33. The van der Waals surface area contributed by atoms with Crippen molar-refractivity contribution in [2.75, 3.05) is 6.54 Å². The van der Waals surface area contributed by atoms with Crippen molar-refractivity contribution >= 4 is 16.9 Å². The largest absolute Gasteiger partial charge is 0.340 e. The molecular formula is C14H19ClN2. The lowest BCUT2D eigenvalue weighted by molar-refractivity contribution is 0.247. The molecule has 1 aromatic rings. The Bertz CT molecular complexity index is 428. The molecule has 0 aromatic heterocycles. The maximum Gasteiger partial charge on any atom is 0.191 e. The van der Waals surface area contributed by atoms with Crippen LogP contribution in [0.25, 0.3) is 0 Å². The molecule has 1 N–H and O–H groups in total. The molecule has 1 fully saturated rings. The van der Waals surface area contributed by atoms with Gasteiger partial charge in [0.25, 0.3) is 0 Å². The molecule has 0 spiro atoms. The van der Waals surface area contributed by atoms with Gasteiger partial charge in [-0.05, 0) is 55.8 Å². The van der Waals surface area contributed by atoms with Crippen LogP contribution >= 0.6 is 11.6 Å². The Hall–Kier alpha value is -1.02. The molecule has 1 aliphatic rings. The van der Waals surface area contributed by atoms with Crippen molar-refractivity contribution in [1.82, 2.24) is 4.90 Å². The van der Waals surface area contributed by atoms with E-state index in [1.54, 1.807) is 0 Å². The zero-order chi connectivity index (χ0) is 12.4. The van der Waals surface area contributed by atoms with Crippen molar-refractivity contribution in [2.24, 2.45) is 0 Å². The third-order valence-electron chi connectivity index (χ3n) is 3.55. The van der Waals surface area contributed by atoms with Crippen LogP contribution in [0, 0.1) is 19.3 Å². The monoisotopic (exact) mass is 250 g/mol. The van der Waals surface area contributed by atoms with Crippen LogP contribution in [0.4, 0.5) is 0 Å². The number of piperidine rings is 1. The van der Waals surface area contributed by atoms with Crippen molar-refractivity contribution in [3.8, 4) is 0 Å². The Labute approximate surface area is 108 Å². The highest BCUT2D eigenvalue weighted by atomic mass is 35.5. The minimum Gasteiger partial charge on any atom is -0.340 e. The van der Waals surface area contributed by atoms with E-state index in [9.17, 15) is 0 Å². The van der Waals surface area contributed by atoms with E-state index in [1.165, 1.54) is 23.1 Å². The number of rotatable bonds is 1. The van der Waals surface area contributed by atoms with E-state index in [2.05, 4.69) is 32.0 Å². The third kappa shape index (κ3) is 2.63. The number of nitrogens with zero attached hydrogens (tertiary/aromatic N) is 1. The van der Waals surface area contributed by atoms with Crippen molar-refractivity contribution in [1.29, 1.82) is 5.41 Å². The number of hydrogen-bond donors (Lipinski definition) is 1. The quantitative estimate of drug-likeness (QED) is 0.455. The molecule has 0 saturated carbocycles. The van der Waals surface area contributed by atoms with E-state index in [0.717, 1.165) is 19.4 Å². The van der Waals surface area contributed by atoms with Gasteiger partial charge in [0.1, 0.15) is 0 Å². The van der Waals surface area contributed by atoms with Crippen LogP contribution in [0.15, 0.2) is 18.2 Å². The zero-order valence-corrected chi connectivity index (χ0v) is 11.2. The first-order chi connectivity index (χ1) is 8.09. The summed E-state index contributed by atoms with van der Waals surface area (Å²) in [5.74, 6) is 0. The zero-order valence-electron chi connectivity index (χ0n) is 10.5. The lowest BCUT2D eigenvalue weighted by atomic mass is 9.91. The highest BCUT2D eigenvalue weighted by molar-refractivity contribution is 6.63. The summed E-state index contributed by atoms with van der Waals surface area (Å²) in [6.45, 7) is 5.15. The number of nitrogens with one attached hydrogen (secondary N) is 1. The first-order valence-corrected chi connectivity index (χ1v) is 6.55. The van der Waals surface area contributed by atoms with Gasteiger partial charge in [-0.2, -0.15) is 0 Å². The average molecular weight is 251 g/mol. The van der Waals surface area contributed by atoms with Crippen LogP contribution in [0.1, 0.15) is 42.0 Å². The van der Waals surface area contributed by atoms with E-state index < -0.39 is 0 Å². The highest BCUT2D eigenvalue weighted by Gasteiger charge is 2.26. The van der Waals surface area contributed by atoms with E-state index in [-0.39, 0.29) is 11.3 Å². The number of hydrogen-bond acceptors (Lipinski definition) is 1. The molecule has 1 unspecified atom stereocenters. The second kappa shape index (κ2) is 5.09. The van der Waals surface area contributed by atoms with Crippen molar-refractivity contribution < 1.29 is 0 Å². The van der Waals surface area contributed by atoms with Crippen molar-refractivity contribution in [2.45, 2.75) is 39.2 Å². The maximum absolute atomic E-state index is 7.68. The summed E-state index contributed by atoms with van der Waals surface area (Å²) in [6, 6.07) is 6.82. The summed E-state index contributed by atoms with van der Waals surface area (Å²) < 4.78 is 0. The molecule has 1 saturated heterocycles. The van der Waals surface area contributed by atoms with Gasteiger partial charge >= 0.3 is 0 Å². The van der Waals surface area contributed by atoms with E-state index in [1.807, 2.05) is 4.90 Å². The minimum atomic E-state index is 0.176. The number of likely N-dealkylation sites (tertiary alicyclic amines) is 1. The lowest BCUT2D eigenvalue weighted by Gasteiger charge is -2.36. The summed E-state index contributed by atoms with van der Waals surface area (Å²) in [7, 11) is 0. The smallest absolute Gasteiger partial charge is 0.191 e. The number of amidine groups is 1. The standard InChI is InChI=1S/C14H19ClN2/c1-10-6-7-11(2)12(9-10)13-5-3-4-8-17(13)14(15)16/h6-7,9,13,16H,3-5,8H2,1-2H3. The Morgan fingerprint density at radius 2 is 2.12 bits per heavy atom. The minimum absolute atomic E-state index is 0.176. The predicted molar refractivity (Wildman–Crippen MR) is 72.8 cm³/mol. The molecule has 0 aliphatic carbocycles. The first-order valence-electron chi connectivity index (χ1n) is 6.17. The van der Waals surface area contributed by atoms with Gasteiger partial charge in [-0.3, -0.25) is 5.41 Å². The molecule has 0 amide bonds. The van der Waals surface area contributed by atoms with Crippen LogP contribution in [-0.4, -0.2) is 16.7 Å². The predicted octanol–water partition coefficient (Wildman–Crippen LogP) is 4.00. The fraction of sp³-hybridized carbons (Fsp3) is 0.500. The van der Waals surface area contributed by atoms with E-state index >= 15 is 0 Å². The van der Waals surface area contributed by atoms with E-state index in [0.29, 0.717) is 0 Å². The summed E-state index contributed by atoms with van der Waals surface area (Å²) in [5, 5.41) is 7.86. The summed E-state index contributed by atoms with van der Waals surface area (Å²) in [6.07, 6.45) is 3.45. The maximum atomic E-state index is 7.68. The van der Waals surface area contributed by atoms with Gasteiger partial charge in [0.05, 0.1) is 6.04 Å². The molecule has 1 aliphatic heterocycles. The third-order valence-corrected chi connectivity index (χ3v) is 3.77. The molecule has 1 heterocycles. The van der Waals surface area contributed by atoms with E-state index in [4.69, 9.17) is 17.0 Å². The number of benzene rings is 1.